The molecule has 0 unspecified atom stereocenters. The van der Waals surface area contributed by atoms with E-state index in [-0.39, 0.29) is 11.8 Å². The van der Waals surface area contributed by atoms with Crippen molar-refractivity contribution in [1.82, 2.24) is 9.97 Å². The molecule has 2 amide bonds. The summed E-state index contributed by atoms with van der Waals surface area (Å²) >= 11 is 1.51. The number of nitrogens with zero attached hydrogens (tertiary/aromatic N) is 3. The van der Waals surface area contributed by atoms with E-state index in [4.69, 9.17) is 0 Å². The number of likely N-dealkylation sites (N-methyl/N-ethyl adjacent to an activating group) is 1. The molecule has 0 spiro atoms. The molecule has 0 fully saturated rings. The minimum Gasteiger partial charge on any atom is -0.326 e. The van der Waals surface area contributed by atoms with Gasteiger partial charge in [0.25, 0.3) is 0 Å². The lowest BCUT2D eigenvalue weighted by atomic mass is 10.1. The Morgan fingerprint density at radius 3 is 2.18 bits per heavy atom. The van der Waals surface area contributed by atoms with Crippen LogP contribution in [0.1, 0.15) is 35.9 Å². The Morgan fingerprint density at radius 1 is 0.970 bits per heavy atom. The molecule has 3 rings (SSSR count). The van der Waals surface area contributed by atoms with Gasteiger partial charge in [0.1, 0.15) is 0 Å². The van der Waals surface area contributed by atoms with Gasteiger partial charge in [-0.1, -0.05) is 42.1 Å². The molecule has 0 aliphatic heterocycles. The smallest absolute Gasteiger partial charge is 0.231 e. The average molecular weight is 463 g/mol. The number of para-hydroxylation sites is 1. The van der Waals surface area contributed by atoms with Crippen LogP contribution in [-0.4, -0.2) is 34.6 Å². The van der Waals surface area contributed by atoms with Crippen LogP contribution in [-0.2, 0) is 22.4 Å². The van der Waals surface area contributed by atoms with Crippen LogP contribution >= 0.6 is 11.8 Å². The molecule has 0 saturated heterocycles. The van der Waals surface area contributed by atoms with Gasteiger partial charge >= 0.3 is 0 Å². The number of aromatic nitrogens is 2. The van der Waals surface area contributed by atoms with Crippen molar-refractivity contribution in [2.45, 2.75) is 45.2 Å². The number of hydrogen-bond donors (Lipinski definition) is 1. The van der Waals surface area contributed by atoms with Gasteiger partial charge in [-0.3, -0.25) is 9.59 Å². The zero-order valence-corrected chi connectivity index (χ0v) is 20.4. The Morgan fingerprint density at radius 2 is 1.61 bits per heavy atom. The highest BCUT2D eigenvalue weighted by atomic mass is 32.2. The van der Waals surface area contributed by atoms with Gasteiger partial charge < -0.3 is 10.2 Å². The molecule has 1 aromatic heterocycles. The number of aryl methyl sites for hydroxylation is 2. The molecule has 1 N–H and O–H groups in total. The standard InChI is InChI=1S/C26H30N4O2S/c1-5-30(22-9-7-6-8-10-22)25(32)17-20-11-13-21(14-12-20)29-24(31)16-15-23-18(2)27-26(33-4)28-19(23)3/h6-14H,5,15-17H2,1-4H3,(H,29,31). The van der Waals surface area contributed by atoms with Gasteiger partial charge in [-0.15, -0.1) is 0 Å². The number of amides is 2. The van der Waals surface area contributed by atoms with E-state index in [1.165, 1.54) is 11.8 Å². The molecule has 0 aliphatic rings. The zero-order valence-electron chi connectivity index (χ0n) is 19.6. The molecule has 7 heteroatoms. The summed E-state index contributed by atoms with van der Waals surface area (Å²) in [7, 11) is 0. The van der Waals surface area contributed by atoms with Crippen molar-refractivity contribution in [3.63, 3.8) is 0 Å². The van der Waals surface area contributed by atoms with Crippen LogP contribution in [0.2, 0.25) is 0 Å². The number of thioether (sulfide) groups is 1. The van der Waals surface area contributed by atoms with Crippen molar-refractivity contribution in [3.8, 4) is 0 Å². The van der Waals surface area contributed by atoms with Gasteiger partial charge in [0, 0.05) is 35.7 Å². The monoisotopic (exact) mass is 462 g/mol. The number of carbonyl (C=O) groups excluding carboxylic acids is 2. The van der Waals surface area contributed by atoms with Gasteiger partial charge in [0.2, 0.25) is 11.8 Å². The quantitative estimate of drug-likeness (QED) is 0.358. The zero-order chi connectivity index (χ0) is 23.8. The maximum Gasteiger partial charge on any atom is 0.231 e. The number of benzene rings is 2. The van der Waals surface area contributed by atoms with E-state index in [1.807, 2.05) is 81.6 Å². The van der Waals surface area contributed by atoms with Crippen LogP contribution in [0.3, 0.4) is 0 Å². The van der Waals surface area contributed by atoms with Crippen LogP contribution in [0.25, 0.3) is 0 Å². The summed E-state index contributed by atoms with van der Waals surface area (Å²) < 4.78 is 0. The summed E-state index contributed by atoms with van der Waals surface area (Å²) in [5.74, 6) is -0.0197. The first-order valence-electron chi connectivity index (χ1n) is 11.0. The molecule has 6 nitrogen and oxygen atoms in total. The molecular formula is C26H30N4O2S. The van der Waals surface area contributed by atoms with E-state index in [0.717, 1.165) is 33.4 Å². The van der Waals surface area contributed by atoms with Crippen molar-refractivity contribution in [3.05, 3.63) is 77.1 Å². The average Bonchev–Trinajstić information content (AvgIpc) is 2.81. The van der Waals surface area contributed by atoms with Crippen molar-refractivity contribution < 1.29 is 9.59 Å². The molecule has 0 radical (unpaired) electrons. The van der Waals surface area contributed by atoms with Crippen molar-refractivity contribution >= 4 is 35.0 Å². The lowest BCUT2D eigenvalue weighted by Gasteiger charge is -2.21. The van der Waals surface area contributed by atoms with Gasteiger partial charge in [0.05, 0.1) is 6.42 Å². The lowest BCUT2D eigenvalue weighted by Crippen LogP contribution is -2.31. The summed E-state index contributed by atoms with van der Waals surface area (Å²) in [5.41, 5.74) is 5.39. The molecule has 33 heavy (non-hydrogen) atoms. The summed E-state index contributed by atoms with van der Waals surface area (Å²) in [5, 5.41) is 3.69. The van der Waals surface area contributed by atoms with Crippen molar-refractivity contribution in [1.29, 1.82) is 0 Å². The summed E-state index contributed by atoms with van der Waals surface area (Å²) in [6.45, 7) is 6.50. The van der Waals surface area contributed by atoms with Gasteiger partial charge in [0.15, 0.2) is 5.16 Å². The minimum absolute atomic E-state index is 0.0425. The molecule has 0 bridgehead atoms. The van der Waals surface area contributed by atoms with E-state index >= 15 is 0 Å². The molecule has 1 heterocycles. The third kappa shape index (κ3) is 6.65. The molecular weight excluding hydrogens is 432 g/mol. The maximum atomic E-state index is 12.8. The van der Waals surface area contributed by atoms with E-state index < -0.39 is 0 Å². The Labute approximate surface area is 199 Å². The van der Waals surface area contributed by atoms with Crippen molar-refractivity contribution in [2.24, 2.45) is 0 Å². The number of anilines is 2. The molecule has 3 aromatic rings. The first kappa shape index (κ1) is 24.5. The third-order valence-electron chi connectivity index (χ3n) is 5.46. The topological polar surface area (TPSA) is 75.2 Å². The van der Waals surface area contributed by atoms with Crippen LogP contribution in [0.15, 0.2) is 59.8 Å². The first-order chi connectivity index (χ1) is 15.9. The Bertz CT molecular complexity index is 1080. The number of rotatable bonds is 9. The predicted molar refractivity (Wildman–Crippen MR) is 135 cm³/mol. The minimum atomic E-state index is -0.0622. The lowest BCUT2D eigenvalue weighted by molar-refractivity contribution is -0.118. The van der Waals surface area contributed by atoms with Crippen LogP contribution in [0.5, 0.6) is 0 Å². The number of carbonyl (C=O) groups is 2. The van der Waals surface area contributed by atoms with E-state index in [9.17, 15) is 9.59 Å². The van der Waals surface area contributed by atoms with E-state index in [2.05, 4.69) is 15.3 Å². The summed E-state index contributed by atoms with van der Waals surface area (Å²) in [6, 6.07) is 17.1. The second-order valence-electron chi connectivity index (χ2n) is 7.76. The Balaban J connectivity index is 1.55. The largest absolute Gasteiger partial charge is 0.326 e. The molecule has 0 aliphatic carbocycles. The molecule has 0 atom stereocenters. The first-order valence-corrected chi connectivity index (χ1v) is 12.3. The highest BCUT2D eigenvalue weighted by molar-refractivity contribution is 7.98. The van der Waals surface area contributed by atoms with Gasteiger partial charge in [-0.05, 0) is 68.8 Å². The fourth-order valence-electron chi connectivity index (χ4n) is 3.71. The van der Waals surface area contributed by atoms with E-state index in [1.54, 1.807) is 4.90 Å². The third-order valence-corrected chi connectivity index (χ3v) is 6.01. The molecule has 0 saturated carbocycles. The van der Waals surface area contributed by atoms with Crippen LogP contribution in [0.4, 0.5) is 11.4 Å². The normalized spacial score (nSPS) is 10.7. The fourth-order valence-corrected chi connectivity index (χ4v) is 4.17. The Kier molecular flexibility index (Phi) is 8.60. The number of hydrogen-bond acceptors (Lipinski definition) is 5. The molecule has 172 valence electrons. The molecule has 2 aromatic carbocycles. The highest BCUT2D eigenvalue weighted by Gasteiger charge is 2.15. The van der Waals surface area contributed by atoms with Gasteiger partial charge in [-0.2, -0.15) is 0 Å². The SMILES string of the molecule is CCN(C(=O)Cc1ccc(NC(=O)CCc2c(C)nc(SC)nc2C)cc1)c1ccccc1. The van der Waals surface area contributed by atoms with Crippen LogP contribution < -0.4 is 10.2 Å². The second-order valence-corrected chi connectivity index (χ2v) is 8.53. The van der Waals surface area contributed by atoms with Crippen LogP contribution in [0, 0.1) is 13.8 Å². The summed E-state index contributed by atoms with van der Waals surface area (Å²) in [6.07, 6.45) is 3.21. The predicted octanol–water partition coefficient (Wildman–Crippen LogP) is 4.98. The Hall–Kier alpha value is -3.19. The van der Waals surface area contributed by atoms with Gasteiger partial charge in [-0.25, -0.2) is 9.97 Å². The number of nitrogens with one attached hydrogen (secondary N) is 1. The maximum absolute atomic E-state index is 12.8. The fraction of sp³-hybridized carbons (Fsp3) is 0.308. The second kappa shape index (κ2) is 11.6. The van der Waals surface area contributed by atoms with E-state index in [0.29, 0.717) is 31.5 Å². The summed E-state index contributed by atoms with van der Waals surface area (Å²) in [4.78, 5) is 36.0. The van der Waals surface area contributed by atoms with Crippen molar-refractivity contribution in [2.75, 3.05) is 23.0 Å². The highest BCUT2D eigenvalue weighted by Crippen LogP contribution is 2.19.